The van der Waals surface area contributed by atoms with Gasteiger partial charge >= 0.3 is 0 Å². The molecule has 0 bridgehead atoms. The Morgan fingerprint density at radius 2 is 2.57 bits per heavy atom. The maximum Gasteiger partial charge on any atom is 0.180 e. The van der Waals surface area contributed by atoms with Crippen LogP contribution in [0.25, 0.3) is 0 Å². The first-order valence-corrected chi connectivity index (χ1v) is 5.97. The minimum Gasteiger partial charge on any atom is -0.372 e. The number of hydrogen-bond acceptors (Lipinski definition) is 4. The zero-order valence-corrected chi connectivity index (χ0v) is 9.82. The standard InChI is InChI=1S/C9H9BrN2OS/c10-6-3-8(14-5-6)7(13)4-9-11-1-2-12-9/h3,5H,1-2,4H2,(H,11,12). The van der Waals surface area contributed by atoms with E-state index in [4.69, 9.17) is 0 Å². The van der Waals surface area contributed by atoms with Crippen molar-refractivity contribution in [3.05, 3.63) is 20.8 Å². The highest BCUT2D eigenvalue weighted by atomic mass is 79.9. The molecular formula is C9H9BrN2OS. The van der Waals surface area contributed by atoms with Crippen molar-refractivity contribution in [3.63, 3.8) is 0 Å². The summed E-state index contributed by atoms with van der Waals surface area (Å²) in [6.07, 6.45) is 0.396. The second kappa shape index (κ2) is 4.23. The molecule has 0 saturated heterocycles. The fourth-order valence-corrected chi connectivity index (χ4v) is 2.63. The van der Waals surface area contributed by atoms with E-state index in [9.17, 15) is 4.79 Å². The molecule has 2 heterocycles. The monoisotopic (exact) mass is 272 g/mol. The van der Waals surface area contributed by atoms with Crippen LogP contribution >= 0.6 is 27.3 Å². The van der Waals surface area contributed by atoms with Gasteiger partial charge in [0, 0.05) is 16.4 Å². The number of hydrogen-bond donors (Lipinski definition) is 1. The lowest BCUT2D eigenvalue weighted by molar-refractivity contribution is 0.100. The van der Waals surface area contributed by atoms with Crippen LogP contribution in [0.5, 0.6) is 0 Å². The summed E-state index contributed by atoms with van der Waals surface area (Å²) in [6.45, 7) is 1.65. The molecule has 0 amide bonds. The van der Waals surface area contributed by atoms with Crippen molar-refractivity contribution < 1.29 is 4.79 Å². The van der Waals surface area contributed by atoms with E-state index >= 15 is 0 Å². The smallest absolute Gasteiger partial charge is 0.180 e. The average molecular weight is 273 g/mol. The van der Waals surface area contributed by atoms with E-state index in [1.807, 2.05) is 11.4 Å². The van der Waals surface area contributed by atoms with Crippen LogP contribution in [0, 0.1) is 0 Å². The topological polar surface area (TPSA) is 41.5 Å². The van der Waals surface area contributed by atoms with E-state index in [0.29, 0.717) is 6.42 Å². The fraction of sp³-hybridized carbons (Fsp3) is 0.333. The van der Waals surface area contributed by atoms with E-state index in [1.54, 1.807) is 0 Å². The summed E-state index contributed by atoms with van der Waals surface area (Å²) in [5.74, 6) is 0.952. The van der Waals surface area contributed by atoms with Crippen molar-refractivity contribution in [1.82, 2.24) is 5.32 Å². The Bertz CT molecular complexity index is 386. The second-order valence-corrected chi connectivity index (χ2v) is 4.81. The number of nitrogens with one attached hydrogen (secondary N) is 1. The third kappa shape index (κ3) is 2.22. The number of carbonyl (C=O) groups is 1. The van der Waals surface area contributed by atoms with Gasteiger partial charge in [0.15, 0.2) is 5.78 Å². The third-order valence-corrected chi connectivity index (χ3v) is 3.65. The summed E-state index contributed by atoms with van der Waals surface area (Å²) in [5.41, 5.74) is 0. The summed E-state index contributed by atoms with van der Waals surface area (Å²) in [6, 6.07) is 1.85. The third-order valence-electron chi connectivity index (χ3n) is 1.91. The first-order chi connectivity index (χ1) is 6.75. The molecule has 74 valence electrons. The van der Waals surface area contributed by atoms with Gasteiger partial charge in [-0.1, -0.05) is 0 Å². The SMILES string of the molecule is O=C(CC1=NCCN1)c1cc(Br)cs1. The highest BCUT2D eigenvalue weighted by molar-refractivity contribution is 9.10. The molecule has 0 saturated carbocycles. The molecule has 1 aliphatic heterocycles. The second-order valence-electron chi connectivity index (χ2n) is 2.98. The normalized spacial score (nSPS) is 15.1. The number of halogens is 1. The molecule has 0 aliphatic carbocycles. The molecule has 1 N–H and O–H groups in total. The Morgan fingerprint density at radius 3 is 3.14 bits per heavy atom. The average Bonchev–Trinajstić information content (AvgIpc) is 2.75. The molecule has 1 aromatic heterocycles. The Morgan fingerprint density at radius 1 is 1.71 bits per heavy atom. The molecule has 0 fully saturated rings. The van der Waals surface area contributed by atoms with Crippen molar-refractivity contribution in [3.8, 4) is 0 Å². The van der Waals surface area contributed by atoms with Gasteiger partial charge in [-0.3, -0.25) is 9.79 Å². The van der Waals surface area contributed by atoms with Crippen LogP contribution in [0.3, 0.4) is 0 Å². The minimum absolute atomic E-state index is 0.133. The van der Waals surface area contributed by atoms with E-state index < -0.39 is 0 Å². The van der Waals surface area contributed by atoms with Gasteiger partial charge in [-0.2, -0.15) is 0 Å². The Labute approximate surface area is 94.4 Å². The summed E-state index contributed by atoms with van der Waals surface area (Å²) in [7, 11) is 0. The van der Waals surface area contributed by atoms with Gasteiger partial charge in [-0.25, -0.2) is 0 Å². The summed E-state index contributed by atoms with van der Waals surface area (Å²) in [4.78, 5) is 16.7. The Kier molecular flexibility index (Phi) is 2.98. The largest absolute Gasteiger partial charge is 0.372 e. The van der Waals surface area contributed by atoms with E-state index in [0.717, 1.165) is 28.3 Å². The van der Waals surface area contributed by atoms with Crippen LogP contribution in [0.4, 0.5) is 0 Å². The van der Waals surface area contributed by atoms with Gasteiger partial charge in [-0.05, 0) is 22.0 Å². The lowest BCUT2D eigenvalue weighted by Crippen LogP contribution is -2.21. The predicted octanol–water partition coefficient (Wildman–Crippen LogP) is 2.09. The molecule has 2 rings (SSSR count). The number of thiophene rings is 1. The lowest BCUT2D eigenvalue weighted by Gasteiger charge is -1.98. The van der Waals surface area contributed by atoms with Crippen LogP contribution < -0.4 is 5.32 Å². The number of rotatable bonds is 3. The van der Waals surface area contributed by atoms with Crippen molar-refractivity contribution in [1.29, 1.82) is 0 Å². The lowest BCUT2D eigenvalue weighted by atomic mass is 10.2. The van der Waals surface area contributed by atoms with Crippen molar-refractivity contribution >= 4 is 38.9 Å². The fourth-order valence-electron chi connectivity index (χ4n) is 1.26. The van der Waals surface area contributed by atoms with Gasteiger partial charge < -0.3 is 5.32 Å². The van der Waals surface area contributed by atoms with Gasteiger partial charge in [0.05, 0.1) is 17.8 Å². The summed E-state index contributed by atoms with van der Waals surface area (Å²) >= 11 is 4.79. The molecule has 1 aromatic rings. The maximum absolute atomic E-state index is 11.7. The van der Waals surface area contributed by atoms with Crippen molar-refractivity contribution in [2.45, 2.75) is 6.42 Å². The zero-order valence-electron chi connectivity index (χ0n) is 7.42. The first-order valence-electron chi connectivity index (χ1n) is 4.30. The Balaban J connectivity index is 2.02. The molecule has 1 aliphatic rings. The maximum atomic E-state index is 11.7. The van der Waals surface area contributed by atoms with Crippen LogP contribution in [0.15, 0.2) is 20.9 Å². The van der Waals surface area contributed by atoms with Crippen LogP contribution in [0.1, 0.15) is 16.1 Å². The molecule has 0 radical (unpaired) electrons. The van der Waals surface area contributed by atoms with E-state index in [2.05, 4.69) is 26.2 Å². The number of amidine groups is 1. The molecule has 0 aromatic carbocycles. The molecule has 3 nitrogen and oxygen atoms in total. The van der Waals surface area contributed by atoms with Gasteiger partial charge in [0.1, 0.15) is 5.84 Å². The quantitative estimate of drug-likeness (QED) is 0.857. The number of ketones is 1. The van der Waals surface area contributed by atoms with Gasteiger partial charge in [0.25, 0.3) is 0 Å². The summed E-state index contributed by atoms with van der Waals surface area (Å²) in [5, 5.41) is 5.00. The molecule has 14 heavy (non-hydrogen) atoms. The first kappa shape index (κ1) is 9.86. The van der Waals surface area contributed by atoms with Gasteiger partial charge in [-0.15, -0.1) is 11.3 Å². The zero-order chi connectivity index (χ0) is 9.97. The predicted molar refractivity (Wildman–Crippen MR) is 61.3 cm³/mol. The van der Waals surface area contributed by atoms with Crippen molar-refractivity contribution in [2.24, 2.45) is 4.99 Å². The van der Waals surface area contributed by atoms with Crippen LogP contribution in [-0.2, 0) is 0 Å². The van der Waals surface area contributed by atoms with Crippen LogP contribution in [-0.4, -0.2) is 24.7 Å². The van der Waals surface area contributed by atoms with Gasteiger partial charge in [0.2, 0.25) is 0 Å². The van der Waals surface area contributed by atoms with Crippen molar-refractivity contribution in [2.75, 3.05) is 13.1 Å². The number of aliphatic imine (C=N–C) groups is 1. The molecule has 0 spiro atoms. The number of nitrogens with zero attached hydrogens (tertiary/aromatic N) is 1. The molecule has 0 atom stereocenters. The number of carbonyl (C=O) groups excluding carboxylic acids is 1. The highest BCUT2D eigenvalue weighted by Crippen LogP contribution is 2.21. The highest BCUT2D eigenvalue weighted by Gasteiger charge is 2.13. The molecular weight excluding hydrogens is 264 g/mol. The van der Waals surface area contributed by atoms with Crippen LogP contribution in [0.2, 0.25) is 0 Å². The van der Waals surface area contributed by atoms with E-state index in [1.165, 1.54) is 11.3 Å². The summed E-state index contributed by atoms with van der Waals surface area (Å²) < 4.78 is 0.965. The molecule has 5 heteroatoms. The Hall–Kier alpha value is -0.680. The van der Waals surface area contributed by atoms with E-state index in [-0.39, 0.29) is 5.78 Å². The number of Topliss-reactive ketones (excluding diaryl/α,β-unsaturated/α-hetero) is 1. The minimum atomic E-state index is 0.133. The molecule has 0 unspecified atom stereocenters.